The lowest BCUT2D eigenvalue weighted by atomic mass is 10.0. The summed E-state index contributed by atoms with van der Waals surface area (Å²) in [6.45, 7) is 4.31. The van der Waals surface area contributed by atoms with Gasteiger partial charge in [0.25, 0.3) is 5.91 Å². The van der Waals surface area contributed by atoms with E-state index >= 15 is 0 Å². The van der Waals surface area contributed by atoms with Crippen LogP contribution in [0.5, 0.6) is 5.75 Å². The number of halogens is 1. The van der Waals surface area contributed by atoms with Crippen LogP contribution in [0.15, 0.2) is 18.2 Å². The zero-order valence-corrected chi connectivity index (χ0v) is 13.2. The summed E-state index contributed by atoms with van der Waals surface area (Å²) in [5.74, 6) is 0.357. The Morgan fingerprint density at radius 1 is 1.38 bits per heavy atom. The number of carbonyl (C=O) groups excluding carboxylic acids is 2. The molecule has 1 heterocycles. The molecule has 0 saturated carbocycles. The second-order valence-electron chi connectivity index (χ2n) is 5.42. The molecule has 1 unspecified atom stereocenters. The predicted molar refractivity (Wildman–Crippen MR) is 82.0 cm³/mol. The van der Waals surface area contributed by atoms with Gasteiger partial charge in [-0.2, -0.15) is 0 Å². The van der Waals surface area contributed by atoms with Crippen molar-refractivity contribution in [2.24, 2.45) is 0 Å². The van der Waals surface area contributed by atoms with Gasteiger partial charge in [-0.15, -0.1) is 0 Å². The standard InChI is InChI=1S/C16H20ClNO3/c1-11-5-3-4-8-18(11)16(20)10-21-15-7-6-13(12(2)19)9-14(15)17/h6-7,9,11H,3-5,8,10H2,1-2H3. The smallest absolute Gasteiger partial charge is 0.260 e. The molecule has 0 aromatic heterocycles. The number of likely N-dealkylation sites (tertiary alicyclic amines) is 1. The Morgan fingerprint density at radius 3 is 2.76 bits per heavy atom. The van der Waals surface area contributed by atoms with Gasteiger partial charge in [0, 0.05) is 18.2 Å². The summed E-state index contributed by atoms with van der Waals surface area (Å²) in [5.41, 5.74) is 0.531. The van der Waals surface area contributed by atoms with Gasteiger partial charge in [0.1, 0.15) is 5.75 Å². The number of benzene rings is 1. The number of Topliss-reactive ketones (excluding diaryl/α,β-unsaturated/α-hetero) is 1. The number of hydrogen-bond donors (Lipinski definition) is 0. The second-order valence-corrected chi connectivity index (χ2v) is 5.83. The average molecular weight is 310 g/mol. The minimum atomic E-state index is -0.0540. The summed E-state index contributed by atoms with van der Waals surface area (Å²) >= 11 is 6.07. The molecule has 1 amide bonds. The predicted octanol–water partition coefficient (Wildman–Crippen LogP) is 3.32. The van der Waals surface area contributed by atoms with Gasteiger partial charge in [-0.05, 0) is 51.3 Å². The quantitative estimate of drug-likeness (QED) is 0.802. The minimum Gasteiger partial charge on any atom is -0.482 e. The van der Waals surface area contributed by atoms with Crippen LogP contribution in [0.4, 0.5) is 0 Å². The van der Waals surface area contributed by atoms with Gasteiger partial charge in [0.15, 0.2) is 12.4 Å². The van der Waals surface area contributed by atoms with Crippen LogP contribution in [-0.4, -0.2) is 35.8 Å². The molecule has 114 valence electrons. The number of rotatable bonds is 4. The van der Waals surface area contributed by atoms with Gasteiger partial charge >= 0.3 is 0 Å². The normalized spacial score (nSPS) is 18.4. The molecule has 21 heavy (non-hydrogen) atoms. The molecule has 2 rings (SSSR count). The van der Waals surface area contributed by atoms with Gasteiger partial charge in [0.05, 0.1) is 5.02 Å². The van der Waals surface area contributed by atoms with Crippen molar-refractivity contribution in [3.05, 3.63) is 28.8 Å². The number of ketones is 1. The molecule has 1 fully saturated rings. The largest absolute Gasteiger partial charge is 0.482 e. The molecule has 0 spiro atoms. The van der Waals surface area contributed by atoms with Gasteiger partial charge < -0.3 is 9.64 Å². The van der Waals surface area contributed by atoms with Crippen LogP contribution in [-0.2, 0) is 4.79 Å². The van der Waals surface area contributed by atoms with E-state index in [9.17, 15) is 9.59 Å². The third-order valence-corrected chi connectivity index (χ3v) is 4.11. The van der Waals surface area contributed by atoms with Crippen molar-refractivity contribution < 1.29 is 14.3 Å². The van der Waals surface area contributed by atoms with E-state index in [4.69, 9.17) is 16.3 Å². The summed E-state index contributed by atoms with van der Waals surface area (Å²) in [7, 11) is 0. The first-order valence-corrected chi connectivity index (χ1v) is 7.59. The van der Waals surface area contributed by atoms with Crippen LogP contribution in [0.3, 0.4) is 0 Å². The zero-order valence-electron chi connectivity index (χ0n) is 12.4. The maximum atomic E-state index is 12.2. The monoisotopic (exact) mass is 309 g/mol. The van der Waals surface area contributed by atoms with E-state index in [2.05, 4.69) is 6.92 Å². The fraction of sp³-hybridized carbons (Fsp3) is 0.500. The van der Waals surface area contributed by atoms with E-state index < -0.39 is 0 Å². The lowest BCUT2D eigenvalue weighted by Gasteiger charge is -2.33. The highest BCUT2D eigenvalue weighted by Crippen LogP contribution is 2.26. The fourth-order valence-electron chi connectivity index (χ4n) is 2.53. The van der Waals surface area contributed by atoms with Crippen molar-refractivity contribution in [1.82, 2.24) is 4.90 Å². The molecule has 1 saturated heterocycles. The SMILES string of the molecule is CC(=O)c1ccc(OCC(=O)N2CCCCC2C)c(Cl)c1. The molecule has 1 aliphatic heterocycles. The first-order valence-electron chi connectivity index (χ1n) is 7.22. The molecule has 0 N–H and O–H groups in total. The molecule has 0 aliphatic carbocycles. The first kappa shape index (κ1) is 15.8. The number of ether oxygens (including phenoxy) is 1. The Balaban J connectivity index is 1.96. The Kier molecular flexibility index (Phi) is 5.23. The summed E-state index contributed by atoms with van der Waals surface area (Å²) < 4.78 is 5.50. The highest BCUT2D eigenvalue weighted by atomic mass is 35.5. The molecule has 1 atom stereocenters. The second kappa shape index (κ2) is 6.94. The number of nitrogens with zero attached hydrogens (tertiary/aromatic N) is 1. The molecule has 5 heteroatoms. The average Bonchev–Trinajstić information content (AvgIpc) is 2.46. The van der Waals surface area contributed by atoms with Crippen molar-refractivity contribution in [3.63, 3.8) is 0 Å². The summed E-state index contributed by atoms with van der Waals surface area (Å²) in [4.78, 5) is 25.3. The maximum Gasteiger partial charge on any atom is 0.260 e. The van der Waals surface area contributed by atoms with Gasteiger partial charge in [-0.1, -0.05) is 11.6 Å². The lowest BCUT2D eigenvalue weighted by molar-refractivity contribution is -0.136. The van der Waals surface area contributed by atoms with Crippen LogP contribution in [0, 0.1) is 0 Å². The number of carbonyl (C=O) groups is 2. The van der Waals surface area contributed by atoms with E-state index in [1.807, 2.05) is 4.90 Å². The topological polar surface area (TPSA) is 46.6 Å². The molecule has 0 bridgehead atoms. The van der Waals surface area contributed by atoms with Crippen molar-refractivity contribution in [2.45, 2.75) is 39.2 Å². The Bertz CT molecular complexity index is 544. The summed E-state index contributed by atoms with van der Waals surface area (Å²) in [6.07, 6.45) is 3.26. The molecule has 0 radical (unpaired) electrons. The third-order valence-electron chi connectivity index (χ3n) is 3.81. The Morgan fingerprint density at radius 2 is 2.14 bits per heavy atom. The highest BCUT2D eigenvalue weighted by Gasteiger charge is 2.23. The summed E-state index contributed by atoms with van der Waals surface area (Å²) in [5, 5.41) is 0.349. The van der Waals surface area contributed by atoms with E-state index in [1.54, 1.807) is 18.2 Å². The van der Waals surface area contributed by atoms with E-state index in [0.29, 0.717) is 16.3 Å². The Labute approximate surface area is 130 Å². The minimum absolute atomic E-state index is 0.0195. The molecular formula is C16H20ClNO3. The lowest BCUT2D eigenvalue weighted by Crippen LogP contribution is -2.44. The summed E-state index contributed by atoms with van der Waals surface area (Å²) in [6, 6.07) is 5.11. The number of hydrogen-bond acceptors (Lipinski definition) is 3. The molecule has 4 nitrogen and oxygen atoms in total. The van der Waals surface area contributed by atoms with E-state index in [-0.39, 0.29) is 24.3 Å². The highest BCUT2D eigenvalue weighted by molar-refractivity contribution is 6.32. The van der Waals surface area contributed by atoms with E-state index in [1.165, 1.54) is 13.3 Å². The van der Waals surface area contributed by atoms with Crippen molar-refractivity contribution >= 4 is 23.3 Å². The van der Waals surface area contributed by atoms with Gasteiger partial charge in [-0.25, -0.2) is 0 Å². The fourth-order valence-corrected chi connectivity index (χ4v) is 2.76. The van der Waals surface area contributed by atoms with Crippen molar-refractivity contribution in [1.29, 1.82) is 0 Å². The zero-order chi connectivity index (χ0) is 15.4. The number of piperidine rings is 1. The van der Waals surface area contributed by atoms with Gasteiger partial charge in [-0.3, -0.25) is 9.59 Å². The maximum absolute atomic E-state index is 12.2. The van der Waals surface area contributed by atoms with Crippen molar-refractivity contribution in [3.8, 4) is 5.75 Å². The Hall–Kier alpha value is -1.55. The molecular weight excluding hydrogens is 290 g/mol. The third kappa shape index (κ3) is 3.97. The van der Waals surface area contributed by atoms with Crippen LogP contribution in [0.1, 0.15) is 43.5 Å². The van der Waals surface area contributed by atoms with Crippen LogP contribution >= 0.6 is 11.6 Å². The van der Waals surface area contributed by atoms with E-state index in [0.717, 1.165) is 19.4 Å². The first-order chi connectivity index (χ1) is 9.99. The molecule has 1 aromatic rings. The van der Waals surface area contributed by atoms with Crippen molar-refractivity contribution in [2.75, 3.05) is 13.2 Å². The van der Waals surface area contributed by atoms with Crippen LogP contribution < -0.4 is 4.74 Å². The van der Waals surface area contributed by atoms with Crippen LogP contribution in [0.25, 0.3) is 0 Å². The molecule has 1 aliphatic rings. The van der Waals surface area contributed by atoms with Gasteiger partial charge in [0.2, 0.25) is 0 Å². The van der Waals surface area contributed by atoms with Crippen LogP contribution in [0.2, 0.25) is 5.02 Å². The molecule has 1 aromatic carbocycles. The number of amides is 1.